The fourth-order valence-corrected chi connectivity index (χ4v) is 1.24. The van der Waals surface area contributed by atoms with Crippen LogP contribution in [-0.2, 0) is 14.3 Å². The first kappa shape index (κ1) is 13.2. The number of benzene rings is 1. The van der Waals surface area contributed by atoms with Gasteiger partial charge in [-0.05, 0) is 18.2 Å². The Bertz CT molecular complexity index is 454. The summed E-state index contributed by atoms with van der Waals surface area (Å²) in [7, 11) is 0. The maximum atomic E-state index is 13.3. The lowest BCUT2D eigenvalue weighted by Gasteiger charge is -2.00. The lowest BCUT2D eigenvalue weighted by molar-refractivity contribution is -0.142. The van der Waals surface area contributed by atoms with E-state index in [-0.39, 0.29) is 10.6 Å². The lowest BCUT2D eigenvalue weighted by atomic mass is 10.2. The summed E-state index contributed by atoms with van der Waals surface area (Å²) >= 11 is 5.72. The molecule has 0 aliphatic heterocycles. The van der Waals surface area contributed by atoms with Crippen molar-refractivity contribution in [1.82, 2.24) is 0 Å². The first-order valence-electron chi connectivity index (χ1n) is 4.58. The van der Waals surface area contributed by atoms with Gasteiger partial charge in [-0.25, -0.2) is 9.18 Å². The molecule has 0 aromatic heterocycles. The van der Waals surface area contributed by atoms with Crippen molar-refractivity contribution in [3.05, 3.63) is 40.7 Å². The SMILES string of the molecule is NC(=O)COC(=O)/C=C/c1c(F)cccc1Cl. The van der Waals surface area contributed by atoms with Crippen LogP contribution >= 0.6 is 11.6 Å². The molecular formula is C11H9ClFNO3. The molecule has 1 amide bonds. The second kappa shape index (κ2) is 6.00. The molecule has 0 saturated carbocycles. The van der Waals surface area contributed by atoms with Gasteiger partial charge in [0.15, 0.2) is 6.61 Å². The van der Waals surface area contributed by atoms with E-state index in [1.54, 1.807) is 0 Å². The molecule has 1 aromatic rings. The molecule has 0 spiro atoms. The summed E-state index contributed by atoms with van der Waals surface area (Å²) in [5.74, 6) is -2.13. The molecule has 0 atom stereocenters. The Balaban J connectivity index is 2.70. The third-order valence-electron chi connectivity index (χ3n) is 1.74. The maximum absolute atomic E-state index is 13.3. The van der Waals surface area contributed by atoms with Crippen molar-refractivity contribution in [2.75, 3.05) is 6.61 Å². The van der Waals surface area contributed by atoms with Gasteiger partial charge in [-0.15, -0.1) is 0 Å². The molecule has 1 aromatic carbocycles. The van der Waals surface area contributed by atoms with E-state index in [4.69, 9.17) is 17.3 Å². The Kier molecular flexibility index (Phi) is 4.66. The normalized spacial score (nSPS) is 10.5. The van der Waals surface area contributed by atoms with Crippen LogP contribution in [0.15, 0.2) is 24.3 Å². The average Bonchev–Trinajstić information content (AvgIpc) is 2.25. The molecule has 0 bridgehead atoms. The molecule has 2 N–H and O–H groups in total. The number of nitrogens with two attached hydrogens (primary N) is 1. The van der Waals surface area contributed by atoms with Crippen LogP contribution in [0, 0.1) is 5.82 Å². The molecule has 0 heterocycles. The van der Waals surface area contributed by atoms with Gasteiger partial charge in [0, 0.05) is 11.6 Å². The number of carbonyl (C=O) groups is 2. The fraction of sp³-hybridized carbons (Fsp3) is 0.0909. The molecule has 4 nitrogen and oxygen atoms in total. The highest BCUT2D eigenvalue weighted by molar-refractivity contribution is 6.32. The van der Waals surface area contributed by atoms with Crippen molar-refractivity contribution < 1.29 is 18.7 Å². The summed E-state index contributed by atoms with van der Waals surface area (Å²) < 4.78 is 17.7. The number of halogens is 2. The van der Waals surface area contributed by atoms with E-state index in [0.717, 1.165) is 6.08 Å². The average molecular weight is 258 g/mol. The second-order valence-corrected chi connectivity index (χ2v) is 3.45. The molecule has 17 heavy (non-hydrogen) atoms. The van der Waals surface area contributed by atoms with Crippen LogP contribution in [0.3, 0.4) is 0 Å². The summed E-state index contributed by atoms with van der Waals surface area (Å²) in [6.45, 7) is -0.520. The number of rotatable bonds is 4. The minimum Gasteiger partial charge on any atom is -0.452 e. The standard InChI is InChI=1S/C11H9ClFNO3/c12-8-2-1-3-9(13)7(8)4-5-11(16)17-6-10(14)15/h1-5H,6H2,(H2,14,15)/b5-4+. The van der Waals surface area contributed by atoms with Crippen LogP contribution in [0.2, 0.25) is 5.02 Å². The van der Waals surface area contributed by atoms with Crippen molar-refractivity contribution in [3.8, 4) is 0 Å². The van der Waals surface area contributed by atoms with Crippen LogP contribution in [0.25, 0.3) is 6.08 Å². The van der Waals surface area contributed by atoms with Crippen LogP contribution in [0.1, 0.15) is 5.56 Å². The zero-order valence-corrected chi connectivity index (χ0v) is 9.41. The Hall–Kier alpha value is -1.88. The lowest BCUT2D eigenvalue weighted by Crippen LogP contribution is -2.19. The van der Waals surface area contributed by atoms with Gasteiger partial charge in [0.2, 0.25) is 0 Å². The number of amides is 1. The van der Waals surface area contributed by atoms with Crippen LogP contribution in [0.5, 0.6) is 0 Å². The first-order valence-corrected chi connectivity index (χ1v) is 4.95. The molecule has 90 valence electrons. The Morgan fingerprint density at radius 2 is 2.18 bits per heavy atom. The minimum absolute atomic E-state index is 0.0743. The number of hydrogen-bond acceptors (Lipinski definition) is 3. The van der Waals surface area contributed by atoms with E-state index < -0.39 is 24.3 Å². The van der Waals surface area contributed by atoms with Gasteiger partial charge in [-0.1, -0.05) is 17.7 Å². The molecule has 1 rings (SSSR count). The predicted molar refractivity (Wildman–Crippen MR) is 60.6 cm³/mol. The monoisotopic (exact) mass is 257 g/mol. The smallest absolute Gasteiger partial charge is 0.331 e. The van der Waals surface area contributed by atoms with Gasteiger partial charge in [0.25, 0.3) is 5.91 Å². The maximum Gasteiger partial charge on any atom is 0.331 e. The topological polar surface area (TPSA) is 69.4 Å². The highest BCUT2D eigenvalue weighted by Gasteiger charge is 2.05. The van der Waals surface area contributed by atoms with E-state index in [0.29, 0.717) is 0 Å². The Labute approximate surface area is 102 Å². The summed E-state index contributed by atoms with van der Waals surface area (Å²) in [6, 6.07) is 4.14. The molecule has 0 aliphatic rings. The number of carbonyl (C=O) groups excluding carboxylic acids is 2. The third-order valence-corrected chi connectivity index (χ3v) is 2.07. The quantitative estimate of drug-likeness (QED) is 0.657. The van der Waals surface area contributed by atoms with Gasteiger partial charge in [-0.3, -0.25) is 4.79 Å². The third kappa shape index (κ3) is 4.24. The zero-order chi connectivity index (χ0) is 12.8. The first-order chi connectivity index (χ1) is 8.00. The van der Waals surface area contributed by atoms with Crippen LogP contribution < -0.4 is 5.73 Å². The second-order valence-electron chi connectivity index (χ2n) is 3.04. The van der Waals surface area contributed by atoms with Crippen molar-refractivity contribution in [3.63, 3.8) is 0 Å². The summed E-state index contributed by atoms with van der Waals surface area (Å²) in [5, 5.41) is 0.170. The molecule has 0 aliphatic carbocycles. The molecule has 0 unspecified atom stereocenters. The summed E-state index contributed by atoms with van der Waals surface area (Å²) in [4.78, 5) is 21.4. The van der Waals surface area contributed by atoms with E-state index in [1.807, 2.05) is 0 Å². The predicted octanol–water partition coefficient (Wildman–Crippen LogP) is 1.52. The van der Waals surface area contributed by atoms with E-state index in [2.05, 4.69) is 4.74 Å². The number of ether oxygens (including phenoxy) is 1. The van der Waals surface area contributed by atoms with Gasteiger partial charge >= 0.3 is 5.97 Å². The largest absolute Gasteiger partial charge is 0.452 e. The minimum atomic E-state index is -0.803. The van der Waals surface area contributed by atoms with Gasteiger partial charge in [-0.2, -0.15) is 0 Å². The number of hydrogen-bond donors (Lipinski definition) is 1. The summed E-state index contributed by atoms with van der Waals surface area (Å²) in [5.41, 5.74) is 4.85. The van der Waals surface area contributed by atoms with E-state index >= 15 is 0 Å². The molecule has 6 heteroatoms. The van der Waals surface area contributed by atoms with Crippen molar-refractivity contribution in [1.29, 1.82) is 0 Å². The molecular weight excluding hydrogens is 249 g/mol. The van der Waals surface area contributed by atoms with Crippen molar-refractivity contribution in [2.24, 2.45) is 5.73 Å². The summed E-state index contributed by atoms with van der Waals surface area (Å²) in [6.07, 6.45) is 2.13. The van der Waals surface area contributed by atoms with Gasteiger partial charge < -0.3 is 10.5 Å². The van der Waals surface area contributed by atoms with Crippen molar-refractivity contribution >= 4 is 29.6 Å². The Morgan fingerprint density at radius 1 is 1.47 bits per heavy atom. The van der Waals surface area contributed by atoms with Gasteiger partial charge in [0.05, 0.1) is 5.02 Å². The highest BCUT2D eigenvalue weighted by Crippen LogP contribution is 2.20. The van der Waals surface area contributed by atoms with E-state index in [1.165, 1.54) is 24.3 Å². The number of primary amides is 1. The van der Waals surface area contributed by atoms with Crippen molar-refractivity contribution in [2.45, 2.75) is 0 Å². The molecule has 0 saturated heterocycles. The van der Waals surface area contributed by atoms with E-state index in [9.17, 15) is 14.0 Å². The number of esters is 1. The Morgan fingerprint density at radius 3 is 2.76 bits per heavy atom. The molecule has 0 radical (unpaired) electrons. The van der Waals surface area contributed by atoms with Crippen LogP contribution in [0.4, 0.5) is 4.39 Å². The highest BCUT2D eigenvalue weighted by atomic mass is 35.5. The van der Waals surface area contributed by atoms with Gasteiger partial charge in [0.1, 0.15) is 5.82 Å². The zero-order valence-electron chi connectivity index (χ0n) is 8.65. The molecule has 0 fully saturated rings. The fourth-order valence-electron chi connectivity index (χ4n) is 1.01. The van der Waals surface area contributed by atoms with Crippen LogP contribution in [-0.4, -0.2) is 18.5 Å².